The number of fused-ring (bicyclic) bond motifs is 2. The zero-order valence-corrected chi connectivity index (χ0v) is 20.9. The molecule has 5 atom stereocenters. The standard InChI is InChI=1S/C27H29NO9/c1-13-17(35-26-21(30)20(29)23(33-4)27(2,3)37-26)10-9-15-11-16(25(32)36-22(13)15)28-24(31)19-12-14-7-5-6-8-18(14)34-19/h5-11,19-21,23,26,29-30H,12H2,1-4H3,(H,28,31)/t19?,20-,21+,23+,26+/m0/s1. The van der Waals surface area contributed by atoms with Crippen LogP contribution in [0.1, 0.15) is 25.0 Å². The van der Waals surface area contributed by atoms with Crippen molar-refractivity contribution in [1.82, 2.24) is 0 Å². The van der Waals surface area contributed by atoms with Gasteiger partial charge in [0.25, 0.3) is 5.91 Å². The van der Waals surface area contributed by atoms with Crippen LogP contribution in [0, 0.1) is 6.92 Å². The first-order valence-electron chi connectivity index (χ1n) is 12.0. The molecule has 0 bridgehead atoms. The van der Waals surface area contributed by atoms with Crippen molar-refractivity contribution in [3.05, 3.63) is 64.0 Å². The number of anilines is 1. The average Bonchev–Trinajstić information content (AvgIpc) is 3.30. The van der Waals surface area contributed by atoms with Crippen LogP contribution in [0.25, 0.3) is 11.0 Å². The number of hydrogen-bond acceptors (Lipinski definition) is 9. The maximum atomic E-state index is 12.8. The number of nitrogens with one attached hydrogen (secondary N) is 1. The minimum atomic E-state index is -1.37. The van der Waals surface area contributed by atoms with Crippen molar-refractivity contribution in [3.63, 3.8) is 0 Å². The number of methoxy groups -OCH3 is 1. The number of benzene rings is 2. The highest BCUT2D eigenvalue weighted by Crippen LogP contribution is 2.35. The number of hydrogen-bond donors (Lipinski definition) is 3. The molecule has 0 radical (unpaired) electrons. The van der Waals surface area contributed by atoms with Gasteiger partial charge in [-0.25, -0.2) is 4.79 Å². The van der Waals surface area contributed by atoms with Crippen LogP contribution in [-0.4, -0.2) is 59.5 Å². The smallest absolute Gasteiger partial charge is 0.360 e. The quantitative estimate of drug-likeness (QED) is 0.441. The Labute approximate surface area is 212 Å². The summed E-state index contributed by atoms with van der Waals surface area (Å²) in [6, 6.07) is 12.2. The lowest BCUT2D eigenvalue weighted by atomic mass is 9.89. The molecule has 2 aromatic carbocycles. The molecule has 1 unspecified atom stereocenters. The van der Waals surface area contributed by atoms with E-state index in [-0.39, 0.29) is 11.3 Å². The van der Waals surface area contributed by atoms with Gasteiger partial charge in [0.2, 0.25) is 6.29 Å². The molecule has 1 saturated heterocycles. The molecule has 10 nitrogen and oxygen atoms in total. The average molecular weight is 512 g/mol. The topological polar surface area (TPSA) is 137 Å². The highest BCUT2D eigenvalue weighted by atomic mass is 16.7. The van der Waals surface area contributed by atoms with Crippen LogP contribution in [0.2, 0.25) is 0 Å². The summed E-state index contributed by atoms with van der Waals surface area (Å²) in [4.78, 5) is 25.5. The van der Waals surface area contributed by atoms with Crippen molar-refractivity contribution in [2.24, 2.45) is 0 Å². The highest BCUT2D eigenvalue weighted by molar-refractivity contribution is 5.96. The summed E-state index contributed by atoms with van der Waals surface area (Å²) in [5, 5.41) is 24.2. The largest absolute Gasteiger partial charge is 0.480 e. The van der Waals surface area contributed by atoms with Gasteiger partial charge in [0, 0.05) is 24.5 Å². The van der Waals surface area contributed by atoms with E-state index in [2.05, 4.69) is 5.32 Å². The number of aliphatic hydroxyl groups excluding tert-OH is 2. The van der Waals surface area contributed by atoms with Crippen molar-refractivity contribution in [2.75, 3.05) is 12.4 Å². The Morgan fingerprint density at radius 3 is 2.62 bits per heavy atom. The molecule has 5 rings (SSSR count). The maximum Gasteiger partial charge on any atom is 0.360 e. The third-order valence-electron chi connectivity index (χ3n) is 6.84. The number of amides is 1. The van der Waals surface area contributed by atoms with Crippen LogP contribution < -0.4 is 20.4 Å². The SMILES string of the molecule is CO[C@@H]1[C@@H](O)[C@@H](O)[C@H](Oc2ccc3cc(NC(=O)C4Cc5ccccc5O4)c(=O)oc3c2C)OC1(C)C. The van der Waals surface area contributed by atoms with Crippen molar-refractivity contribution in [2.45, 2.75) is 63.5 Å². The molecule has 2 aliphatic rings. The lowest BCUT2D eigenvalue weighted by molar-refractivity contribution is -0.306. The van der Waals surface area contributed by atoms with E-state index in [1.54, 1.807) is 39.0 Å². The second-order valence-electron chi connectivity index (χ2n) is 9.81. The molecule has 10 heteroatoms. The first kappa shape index (κ1) is 25.2. The monoisotopic (exact) mass is 511 g/mol. The lowest BCUT2D eigenvalue weighted by Crippen LogP contribution is -2.63. The maximum absolute atomic E-state index is 12.8. The summed E-state index contributed by atoms with van der Waals surface area (Å²) in [6.45, 7) is 5.14. The number of ether oxygens (including phenoxy) is 4. The van der Waals surface area contributed by atoms with Crippen molar-refractivity contribution in [3.8, 4) is 11.5 Å². The second-order valence-corrected chi connectivity index (χ2v) is 9.81. The van der Waals surface area contributed by atoms with Gasteiger partial charge in [-0.05, 0) is 50.6 Å². The zero-order valence-electron chi connectivity index (χ0n) is 20.9. The van der Waals surface area contributed by atoms with E-state index < -0.39 is 47.8 Å². The number of aryl methyl sites for hydroxylation is 1. The van der Waals surface area contributed by atoms with Gasteiger partial charge in [-0.3, -0.25) is 4.79 Å². The predicted molar refractivity (Wildman–Crippen MR) is 133 cm³/mol. The summed E-state index contributed by atoms with van der Waals surface area (Å²) in [5.74, 6) is 0.503. The Morgan fingerprint density at radius 2 is 1.89 bits per heavy atom. The Kier molecular flexibility index (Phi) is 6.45. The predicted octanol–water partition coefficient (Wildman–Crippen LogP) is 2.29. The molecule has 1 fully saturated rings. The Hall–Kier alpha value is -3.44. The molecule has 3 heterocycles. The molecule has 1 amide bonds. The lowest BCUT2D eigenvalue weighted by Gasteiger charge is -2.46. The van der Waals surface area contributed by atoms with E-state index in [1.165, 1.54) is 13.2 Å². The minimum Gasteiger partial charge on any atom is -0.480 e. The number of carbonyl (C=O) groups excluding carboxylic acids is 1. The van der Waals surface area contributed by atoms with Crippen molar-refractivity contribution >= 4 is 22.6 Å². The minimum absolute atomic E-state index is 0.00774. The van der Waals surface area contributed by atoms with Crippen LogP contribution in [0.15, 0.2) is 51.7 Å². The first-order valence-corrected chi connectivity index (χ1v) is 12.0. The normalized spacial score (nSPS) is 26.4. The fraction of sp³-hybridized carbons (Fsp3) is 0.407. The van der Waals surface area contributed by atoms with Gasteiger partial charge in [-0.15, -0.1) is 0 Å². The van der Waals surface area contributed by atoms with Gasteiger partial charge in [0.15, 0.2) is 6.10 Å². The zero-order chi connectivity index (χ0) is 26.5. The third kappa shape index (κ3) is 4.57. The Balaban J connectivity index is 1.35. The van der Waals surface area contributed by atoms with E-state index in [4.69, 9.17) is 23.4 Å². The van der Waals surface area contributed by atoms with Crippen LogP contribution in [0.3, 0.4) is 0 Å². The second kappa shape index (κ2) is 9.46. The summed E-state index contributed by atoms with van der Waals surface area (Å²) < 4.78 is 28.3. The van der Waals surface area contributed by atoms with Gasteiger partial charge >= 0.3 is 5.63 Å². The van der Waals surface area contributed by atoms with Gasteiger partial charge in [0.05, 0.1) is 5.60 Å². The first-order chi connectivity index (χ1) is 17.6. The molecule has 37 heavy (non-hydrogen) atoms. The molecule has 3 aromatic rings. The van der Waals surface area contributed by atoms with Gasteiger partial charge in [0.1, 0.15) is 41.1 Å². The van der Waals surface area contributed by atoms with Crippen LogP contribution >= 0.6 is 0 Å². The Morgan fingerprint density at radius 1 is 1.14 bits per heavy atom. The van der Waals surface area contributed by atoms with E-state index in [0.717, 1.165) is 5.56 Å². The summed E-state index contributed by atoms with van der Waals surface area (Å²) in [7, 11) is 1.43. The number of para-hydroxylation sites is 1. The van der Waals surface area contributed by atoms with E-state index in [9.17, 15) is 19.8 Å². The molecule has 2 aliphatic heterocycles. The van der Waals surface area contributed by atoms with Crippen molar-refractivity contribution < 1.29 is 38.4 Å². The van der Waals surface area contributed by atoms with Crippen LogP contribution in [-0.2, 0) is 20.7 Å². The fourth-order valence-corrected chi connectivity index (χ4v) is 4.89. The summed E-state index contributed by atoms with van der Waals surface area (Å²) in [5.41, 5.74) is -0.00922. The van der Waals surface area contributed by atoms with Gasteiger partial charge in [-0.2, -0.15) is 0 Å². The van der Waals surface area contributed by atoms with Gasteiger partial charge in [-0.1, -0.05) is 18.2 Å². The summed E-state index contributed by atoms with van der Waals surface area (Å²) >= 11 is 0. The molecule has 196 valence electrons. The number of carbonyl (C=O) groups is 1. The molecule has 1 aromatic heterocycles. The van der Waals surface area contributed by atoms with Crippen LogP contribution in [0.5, 0.6) is 11.5 Å². The highest BCUT2D eigenvalue weighted by Gasteiger charge is 2.50. The molecule has 3 N–H and O–H groups in total. The van der Waals surface area contributed by atoms with E-state index in [1.807, 2.05) is 18.2 Å². The fourth-order valence-electron chi connectivity index (χ4n) is 4.89. The molecule has 0 aliphatic carbocycles. The number of rotatable bonds is 5. The molecule has 0 saturated carbocycles. The third-order valence-corrected chi connectivity index (χ3v) is 6.84. The van der Waals surface area contributed by atoms with Crippen molar-refractivity contribution in [1.29, 1.82) is 0 Å². The summed E-state index contributed by atoms with van der Waals surface area (Å²) in [6.07, 6.45) is -4.89. The molecule has 0 spiro atoms. The van der Waals surface area contributed by atoms with Crippen LogP contribution in [0.4, 0.5) is 5.69 Å². The van der Waals surface area contributed by atoms with Gasteiger partial charge < -0.3 is 38.9 Å². The van der Waals surface area contributed by atoms with E-state index >= 15 is 0 Å². The number of aliphatic hydroxyl groups is 2. The molecular formula is C27H29NO9. The van der Waals surface area contributed by atoms with E-state index in [0.29, 0.717) is 28.9 Å². The Bertz CT molecular complexity index is 1370. The molecular weight excluding hydrogens is 482 g/mol.